The topological polar surface area (TPSA) is 42.2 Å². The fraction of sp³-hybridized carbons (Fsp3) is 0.125. The van der Waals surface area contributed by atoms with Crippen LogP contribution in [0.2, 0.25) is 0 Å². The van der Waals surface area contributed by atoms with Gasteiger partial charge in [-0.15, -0.1) is 0 Å². The van der Waals surface area contributed by atoms with Crippen molar-refractivity contribution in [3.8, 4) is 17.6 Å². The average molecular weight is 499 g/mol. The van der Waals surface area contributed by atoms with E-state index in [1.165, 1.54) is 6.07 Å². The summed E-state index contributed by atoms with van der Waals surface area (Å²) in [4.78, 5) is 0. The van der Waals surface area contributed by atoms with Crippen molar-refractivity contribution in [3.05, 3.63) is 92.8 Å². The summed E-state index contributed by atoms with van der Waals surface area (Å²) in [5.41, 5.74) is 2.32. The molecule has 0 aliphatic carbocycles. The Bertz CT molecular complexity index is 1060. The molecule has 0 aliphatic heterocycles. The van der Waals surface area contributed by atoms with Crippen molar-refractivity contribution >= 4 is 34.2 Å². The van der Waals surface area contributed by atoms with Crippen LogP contribution in [0.5, 0.6) is 11.5 Å². The van der Waals surface area contributed by atoms with Crippen LogP contribution >= 0.6 is 22.6 Å². The van der Waals surface area contributed by atoms with Crippen LogP contribution in [-0.2, 0) is 6.61 Å². The van der Waals surface area contributed by atoms with Gasteiger partial charge < -0.3 is 9.47 Å². The lowest BCUT2D eigenvalue weighted by Gasteiger charge is -2.15. The fourth-order valence-electron chi connectivity index (χ4n) is 2.82. The summed E-state index contributed by atoms with van der Waals surface area (Å²) >= 11 is 2.18. The first kappa shape index (κ1) is 20.9. The molecule has 5 heteroatoms. The molecule has 0 unspecified atom stereocenters. The molecule has 0 fully saturated rings. The van der Waals surface area contributed by atoms with Gasteiger partial charge in [-0.3, -0.25) is 0 Å². The molecule has 0 N–H and O–H groups in total. The van der Waals surface area contributed by atoms with Crippen molar-refractivity contribution < 1.29 is 13.9 Å². The van der Waals surface area contributed by atoms with Crippen molar-refractivity contribution in [1.82, 2.24) is 0 Å². The summed E-state index contributed by atoms with van der Waals surface area (Å²) in [7, 11) is 0. The van der Waals surface area contributed by atoms with Crippen molar-refractivity contribution in [3.63, 3.8) is 0 Å². The molecular weight excluding hydrogens is 480 g/mol. The lowest BCUT2D eigenvalue weighted by molar-refractivity contribution is 0.267. The molecule has 0 amide bonds. The molecule has 3 aromatic carbocycles. The summed E-state index contributed by atoms with van der Waals surface area (Å²) in [6.45, 7) is 2.80. The largest absolute Gasteiger partial charge is 0.490 e. The van der Waals surface area contributed by atoms with E-state index in [1.807, 2.05) is 49.4 Å². The van der Waals surface area contributed by atoms with Gasteiger partial charge >= 0.3 is 0 Å². The highest BCUT2D eigenvalue weighted by Crippen LogP contribution is 2.36. The molecule has 0 bridgehead atoms. The molecule has 0 atom stereocenters. The van der Waals surface area contributed by atoms with Crippen LogP contribution < -0.4 is 9.47 Å². The minimum Gasteiger partial charge on any atom is -0.490 e. The van der Waals surface area contributed by atoms with Gasteiger partial charge in [0.25, 0.3) is 0 Å². The SMILES string of the molecule is CCOc1cc(/C=C(/C#N)c2ccccc2F)cc(I)c1OCc1ccccc1. The highest BCUT2D eigenvalue weighted by molar-refractivity contribution is 14.1. The Morgan fingerprint density at radius 2 is 1.79 bits per heavy atom. The zero-order valence-corrected chi connectivity index (χ0v) is 18.0. The third-order valence-corrected chi connectivity index (χ3v) is 4.95. The molecule has 3 nitrogen and oxygen atoms in total. The van der Waals surface area contributed by atoms with Gasteiger partial charge in [-0.1, -0.05) is 48.5 Å². The lowest BCUT2D eigenvalue weighted by atomic mass is 10.0. The first-order valence-electron chi connectivity index (χ1n) is 9.12. The molecule has 146 valence electrons. The number of nitrogens with zero attached hydrogens (tertiary/aromatic N) is 1. The van der Waals surface area contributed by atoms with Gasteiger partial charge in [-0.05, 0) is 64.9 Å². The predicted molar refractivity (Wildman–Crippen MR) is 121 cm³/mol. The van der Waals surface area contributed by atoms with Crippen LogP contribution in [0, 0.1) is 20.7 Å². The first-order chi connectivity index (χ1) is 14.1. The number of benzene rings is 3. The molecule has 29 heavy (non-hydrogen) atoms. The molecule has 0 aliphatic rings. The second-order valence-corrected chi connectivity index (χ2v) is 7.35. The Hall–Kier alpha value is -2.85. The van der Waals surface area contributed by atoms with Crippen LogP contribution in [0.4, 0.5) is 4.39 Å². The standard InChI is InChI=1S/C24H19FINO2/c1-2-28-23-14-18(12-19(15-27)20-10-6-7-11-21(20)25)13-22(26)24(23)29-16-17-8-4-3-5-9-17/h3-14H,2,16H2,1H3/b19-12-. The van der Waals surface area contributed by atoms with Gasteiger partial charge in [0.15, 0.2) is 11.5 Å². The van der Waals surface area contributed by atoms with E-state index in [2.05, 4.69) is 28.7 Å². The van der Waals surface area contributed by atoms with E-state index >= 15 is 0 Å². The number of hydrogen-bond donors (Lipinski definition) is 0. The van der Waals surface area contributed by atoms with Gasteiger partial charge in [0.1, 0.15) is 12.4 Å². The normalized spacial score (nSPS) is 11.0. The Morgan fingerprint density at radius 3 is 2.48 bits per heavy atom. The molecule has 0 saturated carbocycles. The zero-order chi connectivity index (χ0) is 20.6. The van der Waals surface area contributed by atoms with Gasteiger partial charge in [0.05, 0.1) is 21.8 Å². The number of halogens is 2. The predicted octanol–water partition coefficient (Wildman–Crippen LogP) is 6.47. The number of ether oxygens (including phenoxy) is 2. The smallest absolute Gasteiger partial charge is 0.175 e. The highest BCUT2D eigenvalue weighted by atomic mass is 127. The Labute approximate surface area is 183 Å². The third-order valence-electron chi connectivity index (χ3n) is 4.15. The maximum Gasteiger partial charge on any atom is 0.175 e. The van der Waals surface area contributed by atoms with Crippen molar-refractivity contribution in [2.75, 3.05) is 6.61 Å². The molecule has 0 aromatic heterocycles. The Balaban J connectivity index is 1.95. The molecule has 0 saturated heterocycles. The maximum absolute atomic E-state index is 14.1. The minimum absolute atomic E-state index is 0.249. The van der Waals surface area contributed by atoms with Crippen LogP contribution in [0.1, 0.15) is 23.6 Å². The summed E-state index contributed by atoms with van der Waals surface area (Å²) < 4.78 is 26.7. The monoisotopic (exact) mass is 499 g/mol. The second kappa shape index (κ2) is 10.1. The quantitative estimate of drug-likeness (QED) is 0.213. The number of rotatable bonds is 7. The van der Waals surface area contributed by atoms with Crippen LogP contribution in [0.15, 0.2) is 66.7 Å². The first-order valence-corrected chi connectivity index (χ1v) is 10.2. The van der Waals surface area contributed by atoms with E-state index < -0.39 is 5.82 Å². The maximum atomic E-state index is 14.1. The van der Waals surface area contributed by atoms with E-state index in [4.69, 9.17) is 9.47 Å². The van der Waals surface area contributed by atoms with Crippen LogP contribution in [-0.4, -0.2) is 6.61 Å². The molecule has 0 spiro atoms. The minimum atomic E-state index is -0.428. The van der Waals surface area contributed by atoms with Crippen molar-refractivity contribution in [1.29, 1.82) is 5.26 Å². The van der Waals surface area contributed by atoms with E-state index in [9.17, 15) is 9.65 Å². The zero-order valence-electron chi connectivity index (χ0n) is 15.9. The Kier molecular flexibility index (Phi) is 7.25. The summed E-state index contributed by atoms with van der Waals surface area (Å²) in [6, 6.07) is 21.9. The molecule has 0 heterocycles. The third kappa shape index (κ3) is 5.36. The Morgan fingerprint density at radius 1 is 1.07 bits per heavy atom. The van der Waals surface area contributed by atoms with Crippen molar-refractivity contribution in [2.45, 2.75) is 13.5 Å². The van der Waals surface area contributed by atoms with Gasteiger partial charge in [-0.2, -0.15) is 5.26 Å². The number of hydrogen-bond acceptors (Lipinski definition) is 3. The van der Waals surface area contributed by atoms with E-state index in [0.29, 0.717) is 24.7 Å². The van der Waals surface area contributed by atoms with Gasteiger partial charge in [0.2, 0.25) is 0 Å². The van der Waals surface area contributed by atoms with Gasteiger partial charge in [0, 0.05) is 5.56 Å². The molecule has 0 radical (unpaired) electrons. The van der Waals surface area contributed by atoms with E-state index in [-0.39, 0.29) is 11.1 Å². The summed E-state index contributed by atoms with van der Waals surface area (Å²) in [5.74, 6) is 0.813. The molecular formula is C24H19FINO2. The summed E-state index contributed by atoms with van der Waals surface area (Å²) in [6.07, 6.45) is 1.66. The van der Waals surface area contributed by atoms with Crippen LogP contribution in [0.3, 0.4) is 0 Å². The average Bonchev–Trinajstić information content (AvgIpc) is 2.73. The molecule has 3 aromatic rings. The van der Waals surface area contributed by atoms with E-state index in [0.717, 1.165) is 14.7 Å². The number of nitriles is 1. The van der Waals surface area contributed by atoms with Crippen molar-refractivity contribution in [2.24, 2.45) is 0 Å². The number of allylic oxidation sites excluding steroid dienone is 1. The lowest BCUT2D eigenvalue weighted by Crippen LogP contribution is -2.02. The fourth-order valence-corrected chi connectivity index (χ4v) is 3.60. The summed E-state index contributed by atoms with van der Waals surface area (Å²) in [5, 5.41) is 9.53. The molecule has 3 rings (SSSR count). The second-order valence-electron chi connectivity index (χ2n) is 6.19. The van der Waals surface area contributed by atoms with Gasteiger partial charge in [-0.25, -0.2) is 4.39 Å². The highest BCUT2D eigenvalue weighted by Gasteiger charge is 2.14. The van der Waals surface area contributed by atoms with Crippen LogP contribution in [0.25, 0.3) is 11.6 Å². The van der Waals surface area contributed by atoms with E-state index in [1.54, 1.807) is 24.3 Å².